The fourth-order valence-corrected chi connectivity index (χ4v) is 3.16. The van der Waals surface area contributed by atoms with E-state index >= 15 is 0 Å². The van der Waals surface area contributed by atoms with E-state index in [-0.39, 0.29) is 11.1 Å². The van der Waals surface area contributed by atoms with Gasteiger partial charge in [0.25, 0.3) is 0 Å². The average molecular weight is 418 g/mol. The molecule has 4 rings (SSSR count). The first-order valence-corrected chi connectivity index (χ1v) is 8.86. The van der Waals surface area contributed by atoms with Crippen molar-refractivity contribution in [2.75, 3.05) is 13.2 Å². The Balaban J connectivity index is 1.64. The highest BCUT2D eigenvalue weighted by atomic mass is 19.4. The van der Waals surface area contributed by atoms with E-state index < -0.39 is 47.9 Å². The molecule has 2 heterocycles. The van der Waals surface area contributed by atoms with Crippen molar-refractivity contribution in [1.82, 2.24) is 0 Å². The Kier molecular flexibility index (Phi) is 5.08. The van der Waals surface area contributed by atoms with Crippen molar-refractivity contribution >= 4 is 0 Å². The van der Waals surface area contributed by atoms with Crippen LogP contribution in [0, 0.1) is 0 Å². The molecule has 0 saturated carbocycles. The van der Waals surface area contributed by atoms with Crippen LogP contribution >= 0.6 is 0 Å². The van der Waals surface area contributed by atoms with Crippen LogP contribution in [0.1, 0.15) is 34.5 Å². The second-order valence-corrected chi connectivity index (χ2v) is 6.97. The van der Waals surface area contributed by atoms with E-state index in [1.54, 1.807) is 0 Å². The second-order valence-electron chi connectivity index (χ2n) is 6.97. The minimum atomic E-state index is -4.52. The molecule has 0 bridgehead atoms. The van der Waals surface area contributed by atoms with E-state index in [0.717, 1.165) is 24.3 Å². The molecule has 2 saturated heterocycles. The number of hydrogen-bond donors (Lipinski definition) is 0. The summed E-state index contributed by atoms with van der Waals surface area (Å²) in [6.45, 7) is 0.587. The molecule has 0 spiro atoms. The van der Waals surface area contributed by atoms with Gasteiger partial charge in [-0.2, -0.15) is 26.3 Å². The van der Waals surface area contributed by atoms with Gasteiger partial charge in [-0.3, -0.25) is 0 Å². The van der Waals surface area contributed by atoms with Gasteiger partial charge in [0.15, 0.2) is 0 Å². The number of alkyl halides is 6. The monoisotopic (exact) mass is 418 g/mol. The van der Waals surface area contributed by atoms with Crippen molar-refractivity contribution in [2.45, 2.75) is 36.8 Å². The summed E-state index contributed by atoms with van der Waals surface area (Å²) in [6.07, 6.45) is -11.7. The molecule has 0 amide bonds. The van der Waals surface area contributed by atoms with Crippen LogP contribution in [0.15, 0.2) is 48.5 Å². The van der Waals surface area contributed by atoms with Gasteiger partial charge in [-0.15, -0.1) is 0 Å². The van der Waals surface area contributed by atoms with Gasteiger partial charge in [0.1, 0.15) is 24.4 Å². The SMILES string of the molecule is FC(F)(F)c1cccc(C(OC(c2cccc(C(F)(F)F)c2)C2CO2)C2CO2)c1. The number of halogens is 6. The zero-order valence-corrected chi connectivity index (χ0v) is 14.8. The van der Waals surface area contributed by atoms with Crippen LogP contribution in [-0.4, -0.2) is 25.4 Å². The van der Waals surface area contributed by atoms with E-state index in [2.05, 4.69) is 0 Å². The van der Waals surface area contributed by atoms with Crippen LogP contribution in [0.2, 0.25) is 0 Å². The third-order valence-corrected chi connectivity index (χ3v) is 4.77. The Morgan fingerprint density at radius 1 is 0.724 bits per heavy atom. The maximum Gasteiger partial charge on any atom is 0.416 e. The van der Waals surface area contributed by atoms with Gasteiger partial charge in [-0.1, -0.05) is 24.3 Å². The Morgan fingerprint density at radius 2 is 1.10 bits per heavy atom. The van der Waals surface area contributed by atoms with Crippen LogP contribution in [-0.2, 0) is 26.6 Å². The molecule has 29 heavy (non-hydrogen) atoms. The highest BCUT2D eigenvalue weighted by Gasteiger charge is 2.43. The van der Waals surface area contributed by atoms with Crippen LogP contribution in [0.5, 0.6) is 0 Å². The lowest BCUT2D eigenvalue weighted by molar-refractivity contribution is -0.138. The highest BCUT2D eigenvalue weighted by molar-refractivity contribution is 5.31. The predicted molar refractivity (Wildman–Crippen MR) is 88.9 cm³/mol. The molecule has 2 aliphatic heterocycles. The molecule has 0 radical (unpaired) electrons. The lowest BCUT2D eigenvalue weighted by atomic mass is 10.0. The fraction of sp³-hybridized carbons (Fsp3) is 0.400. The zero-order chi connectivity index (χ0) is 20.8. The Hall–Kier alpha value is -2.10. The summed E-state index contributed by atoms with van der Waals surface area (Å²) in [4.78, 5) is 0. The van der Waals surface area contributed by atoms with Crippen LogP contribution in [0.25, 0.3) is 0 Å². The van der Waals surface area contributed by atoms with Gasteiger partial charge >= 0.3 is 12.4 Å². The summed E-state index contributed by atoms with van der Waals surface area (Å²) in [5, 5.41) is 0. The largest absolute Gasteiger partial charge is 0.416 e. The van der Waals surface area contributed by atoms with E-state index in [0.29, 0.717) is 13.2 Å². The molecule has 2 aromatic rings. The molecule has 156 valence electrons. The van der Waals surface area contributed by atoms with E-state index in [1.165, 1.54) is 24.3 Å². The normalized spacial score (nSPS) is 23.5. The first kappa shape index (κ1) is 20.2. The van der Waals surface area contributed by atoms with Gasteiger partial charge in [-0.05, 0) is 35.4 Å². The van der Waals surface area contributed by atoms with Crippen molar-refractivity contribution < 1.29 is 40.6 Å². The molecule has 2 fully saturated rings. The summed E-state index contributed by atoms with van der Waals surface area (Å²) >= 11 is 0. The number of ether oxygens (including phenoxy) is 3. The molecular formula is C20H16F6O3. The fourth-order valence-electron chi connectivity index (χ4n) is 3.16. The predicted octanol–water partition coefficient (Wildman–Crippen LogP) is 5.32. The number of benzene rings is 2. The maximum atomic E-state index is 13.1. The minimum absolute atomic E-state index is 0.250. The number of hydrogen-bond acceptors (Lipinski definition) is 3. The maximum absolute atomic E-state index is 13.1. The first-order chi connectivity index (χ1) is 13.6. The van der Waals surface area contributed by atoms with Crippen molar-refractivity contribution in [3.8, 4) is 0 Å². The topological polar surface area (TPSA) is 34.3 Å². The summed E-state index contributed by atoms with van der Waals surface area (Å²) < 4.78 is 94.9. The smallest absolute Gasteiger partial charge is 0.370 e. The zero-order valence-electron chi connectivity index (χ0n) is 14.8. The van der Waals surface area contributed by atoms with Crippen LogP contribution < -0.4 is 0 Å². The summed E-state index contributed by atoms with van der Waals surface area (Å²) in [7, 11) is 0. The molecule has 9 heteroatoms. The van der Waals surface area contributed by atoms with Gasteiger partial charge < -0.3 is 14.2 Å². The number of rotatable bonds is 6. The lowest BCUT2D eigenvalue weighted by Crippen LogP contribution is -2.20. The van der Waals surface area contributed by atoms with Gasteiger partial charge in [-0.25, -0.2) is 0 Å². The third-order valence-electron chi connectivity index (χ3n) is 4.77. The van der Waals surface area contributed by atoms with Gasteiger partial charge in [0.05, 0.1) is 24.3 Å². The third kappa shape index (κ3) is 4.73. The Morgan fingerprint density at radius 3 is 1.41 bits per heavy atom. The molecule has 0 aliphatic carbocycles. The second kappa shape index (κ2) is 7.30. The summed E-state index contributed by atoms with van der Waals surface area (Å²) in [6, 6.07) is 9.35. The minimum Gasteiger partial charge on any atom is -0.370 e. The quantitative estimate of drug-likeness (QED) is 0.470. The van der Waals surface area contributed by atoms with Gasteiger partial charge in [0, 0.05) is 0 Å². The van der Waals surface area contributed by atoms with E-state index in [9.17, 15) is 26.3 Å². The van der Waals surface area contributed by atoms with Crippen molar-refractivity contribution in [2.24, 2.45) is 0 Å². The highest BCUT2D eigenvalue weighted by Crippen LogP contribution is 2.42. The van der Waals surface area contributed by atoms with Crippen molar-refractivity contribution in [3.63, 3.8) is 0 Å². The first-order valence-electron chi connectivity index (χ1n) is 8.86. The standard InChI is InChI=1S/C20H16F6O3/c21-19(22,23)13-5-1-3-11(7-13)17(15-9-27-15)29-18(16-10-28-16)12-4-2-6-14(8-12)20(24,25)26/h1-8,15-18H,9-10H2. The Labute approximate surface area is 162 Å². The Bertz CT molecular complexity index is 800. The lowest BCUT2D eigenvalue weighted by Gasteiger charge is -2.25. The van der Waals surface area contributed by atoms with E-state index in [1.807, 2.05) is 0 Å². The van der Waals surface area contributed by atoms with Crippen LogP contribution in [0.3, 0.4) is 0 Å². The summed E-state index contributed by atoms with van der Waals surface area (Å²) in [5.41, 5.74) is -1.16. The molecular weight excluding hydrogens is 402 g/mol. The van der Waals surface area contributed by atoms with Crippen LogP contribution in [0.4, 0.5) is 26.3 Å². The average Bonchev–Trinajstić information content (AvgIpc) is 3.54. The van der Waals surface area contributed by atoms with Crippen molar-refractivity contribution in [3.05, 3.63) is 70.8 Å². The van der Waals surface area contributed by atoms with E-state index in [4.69, 9.17) is 14.2 Å². The molecule has 0 N–H and O–H groups in total. The molecule has 2 aliphatic rings. The molecule has 2 aromatic carbocycles. The molecule has 4 unspecified atom stereocenters. The molecule has 0 aromatic heterocycles. The van der Waals surface area contributed by atoms with Crippen molar-refractivity contribution in [1.29, 1.82) is 0 Å². The van der Waals surface area contributed by atoms with Gasteiger partial charge in [0.2, 0.25) is 0 Å². The summed E-state index contributed by atoms with van der Waals surface area (Å²) in [5.74, 6) is 0. The number of epoxide rings is 2. The molecule has 3 nitrogen and oxygen atoms in total. The molecule has 4 atom stereocenters.